The lowest BCUT2D eigenvalue weighted by Crippen LogP contribution is -2.04. The average molecular weight is 1300 g/mol. The van der Waals surface area contributed by atoms with Gasteiger partial charge in [-0.2, -0.15) is 26.3 Å². The fraction of sp³-hybridized carbons (Fsp3) is 0.0222. The van der Waals surface area contributed by atoms with Gasteiger partial charge in [0, 0.05) is 60.6 Å². The van der Waals surface area contributed by atoms with Crippen molar-refractivity contribution in [1.29, 1.82) is 26.3 Å². The number of benzene rings is 13. The Morgan fingerprint density at radius 3 is 1.13 bits per heavy atom. The molecule has 16 aromatic rings. The molecule has 0 bridgehead atoms. The van der Waals surface area contributed by atoms with Crippen molar-refractivity contribution in [2.24, 2.45) is 0 Å². The molecule has 13 aromatic carbocycles. The quantitative estimate of drug-likeness (QED) is 0.115. The lowest BCUT2D eigenvalue weighted by molar-refractivity contribution is 1.07. The van der Waals surface area contributed by atoms with Crippen LogP contribution in [0.25, 0.3) is 166 Å². The van der Waals surface area contributed by atoms with Gasteiger partial charge in [0.2, 0.25) is 0 Å². The van der Waals surface area contributed by atoms with Crippen molar-refractivity contribution in [3.8, 4) is 143 Å². The van der Waals surface area contributed by atoms with Gasteiger partial charge in [-0.3, -0.25) is 0 Å². The van der Waals surface area contributed by atoms with Crippen molar-refractivity contribution in [3.63, 3.8) is 0 Å². The molecule has 470 valence electrons. The number of fused-ring (bicyclic) bond motifs is 6. The average Bonchev–Trinajstić information content (AvgIpc) is 1.54. The van der Waals surface area contributed by atoms with E-state index >= 15 is 0 Å². The summed E-state index contributed by atoms with van der Waals surface area (Å²) >= 11 is 0. The maximum Gasteiger partial charge on any atom is 0.189 e. The first-order valence-corrected chi connectivity index (χ1v) is 32.7. The molecule has 0 spiro atoms. The van der Waals surface area contributed by atoms with Crippen LogP contribution in [0.4, 0.5) is 11.4 Å². The molecule has 16 rings (SSSR count). The molecule has 0 saturated heterocycles. The van der Waals surface area contributed by atoms with Gasteiger partial charge in [-0.15, -0.1) is 0 Å². The second-order valence-electron chi connectivity index (χ2n) is 25.2. The summed E-state index contributed by atoms with van der Waals surface area (Å²) < 4.78 is 4.54. The molecule has 0 unspecified atom stereocenters. The van der Waals surface area contributed by atoms with Gasteiger partial charge in [0.25, 0.3) is 0 Å². The topological polar surface area (TPSA) is 176 Å². The fourth-order valence-electron chi connectivity index (χ4n) is 14.1. The number of aromatic nitrogens is 5. The molecule has 0 atom stereocenters. The predicted octanol–water partition coefficient (Wildman–Crippen LogP) is 22.1. The molecule has 0 aliphatic carbocycles. The molecule has 0 fully saturated rings. The molecular formula is C90H50N12. The minimum Gasteiger partial charge on any atom is -0.309 e. The highest BCUT2D eigenvalue weighted by Gasteiger charge is 2.25. The molecule has 12 heteroatoms. The maximum absolute atomic E-state index is 10.2. The summed E-state index contributed by atoms with van der Waals surface area (Å²) in [7, 11) is 0. The maximum atomic E-state index is 10.2. The zero-order chi connectivity index (χ0) is 69.7. The van der Waals surface area contributed by atoms with Gasteiger partial charge in [-0.25, -0.2) is 24.6 Å². The highest BCUT2D eigenvalue weighted by molar-refractivity contribution is 6.14. The highest BCUT2D eigenvalue weighted by Crippen LogP contribution is 2.46. The first-order valence-electron chi connectivity index (χ1n) is 32.7. The number of aryl methyl sites for hydroxylation is 2. The summed E-state index contributed by atoms with van der Waals surface area (Å²) in [6, 6.07) is 98.9. The van der Waals surface area contributed by atoms with E-state index in [9.17, 15) is 26.3 Å². The van der Waals surface area contributed by atoms with Crippen LogP contribution < -0.4 is 0 Å². The Morgan fingerprint density at radius 1 is 0.284 bits per heavy atom. The van der Waals surface area contributed by atoms with Gasteiger partial charge >= 0.3 is 0 Å². The van der Waals surface area contributed by atoms with Crippen molar-refractivity contribution >= 4 is 55.0 Å². The molecular weight excluding hydrogens is 1250 g/mol. The Labute approximate surface area is 587 Å². The minimum atomic E-state index is 0.334. The summed E-state index contributed by atoms with van der Waals surface area (Å²) in [4.78, 5) is 23.5. The summed E-state index contributed by atoms with van der Waals surface area (Å²) in [5, 5.41) is 54.5. The van der Waals surface area contributed by atoms with Crippen LogP contribution in [0, 0.1) is 83.6 Å². The second-order valence-corrected chi connectivity index (χ2v) is 25.2. The van der Waals surface area contributed by atoms with E-state index < -0.39 is 0 Å². The third kappa shape index (κ3) is 11.2. The van der Waals surface area contributed by atoms with Crippen LogP contribution in [-0.2, 0) is 0 Å². The van der Waals surface area contributed by atoms with E-state index in [1.165, 1.54) is 0 Å². The van der Waals surface area contributed by atoms with Crippen molar-refractivity contribution in [2.45, 2.75) is 13.8 Å². The smallest absolute Gasteiger partial charge is 0.189 e. The largest absolute Gasteiger partial charge is 0.309 e. The zero-order valence-corrected chi connectivity index (χ0v) is 54.8. The Bertz CT molecular complexity index is 6240. The molecule has 0 N–H and O–H groups in total. The molecule has 12 nitrogen and oxygen atoms in total. The van der Waals surface area contributed by atoms with Crippen LogP contribution >= 0.6 is 0 Å². The number of hydrogen-bond donors (Lipinski definition) is 0. The highest BCUT2D eigenvalue weighted by atomic mass is 15.0. The number of nitriles is 5. The SMILES string of the molecule is [C-]#[N+]c1cc(C#N)cc(-c2ccc3c(c2)c2cc(-c4cc(C)cc(C)c4)ccc2n3-c2ccc(-c3nc(-c4ccccc4)nc(-c4ccccc4)n3)c(-c3cc(-c4ccc(C#N)cc4)ccc3-n3c4ccc(-c5cc(C#N)cc(C#N)c5)cc4c4cc(-c5cc(C#N)cc([N+]#[C-])c5)ccc43)c2)c1. The lowest BCUT2D eigenvalue weighted by Gasteiger charge is -2.20. The zero-order valence-electron chi connectivity index (χ0n) is 54.8. The van der Waals surface area contributed by atoms with E-state index in [2.05, 4.69) is 172 Å². The molecule has 102 heavy (non-hydrogen) atoms. The van der Waals surface area contributed by atoms with E-state index in [0.29, 0.717) is 73.4 Å². The van der Waals surface area contributed by atoms with Crippen LogP contribution in [0.1, 0.15) is 38.9 Å². The van der Waals surface area contributed by atoms with Crippen LogP contribution in [0.5, 0.6) is 0 Å². The summed E-state index contributed by atoms with van der Waals surface area (Å²) in [6.45, 7) is 20.2. The first-order chi connectivity index (χ1) is 49.9. The van der Waals surface area contributed by atoms with Gasteiger partial charge in [-0.05, 0) is 221 Å². The van der Waals surface area contributed by atoms with Gasteiger partial charge in [-0.1, -0.05) is 132 Å². The molecule has 0 amide bonds. The van der Waals surface area contributed by atoms with Gasteiger partial charge in [0.05, 0.1) is 87.9 Å². The fourth-order valence-corrected chi connectivity index (χ4v) is 14.1. The van der Waals surface area contributed by atoms with Crippen LogP contribution in [-0.4, -0.2) is 24.1 Å². The van der Waals surface area contributed by atoms with Crippen molar-refractivity contribution in [3.05, 3.63) is 329 Å². The standard InChI is InChI=1S/C90H50N12/c1-54-31-55(2)33-69(32-54)65-20-26-83-79(44-65)80-46-67(71-37-59(52-94)39-73(41-71)96-3)21-27-84(80)101(83)75-24-25-76(90-99-88(62-11-7-5-8-12-62)98-89(100-90)63-13-9-6-10-14-63)77(48-75)78-43-64(61-17-15-56(49-91)16-18-61)19-28-85(78)102-86-29-22-66(70-35-57(50-92)34-58(36-70)51-93)45-81(86)82-47-68(23-30-87(82)102)72-38-60(53-95)40-74(42-72)97-4/h5-48H,1-2H3. The Balaban J connectivity index is 1.02. The van der Waals surface area contributed by atoms with Gasteiger partial charge in [0.15, 0.2) is 28.8 Å². The Hall–Kier alpha value is -15.1. The lowest BCUT2D eigenvalue weighted by atomic mass is 9.92. The second kappa shape index (κ2) is 25.5. The van der Waals surface area contributed by atoms with E-state index in [-0.39, 0.29) is 0 Å². The molecule has 3 heterocycles. The minimum absolute atomic E-state index is 0.334. The van der Waals surface area contributed by atoms with Gasteiger partial charge < -0.3 is 9.13 Å². The summed E-state index contributed by atoms with van der Waals surface area (Å²) in [6.07, 6.45) is 0. The van der Waals surface area contributed by atoms with E-state index in [4.69, 9.17) is 28.1 Å². The summed E-state index contributed by atoms with van der Waals surface area (Å²) in [5.41, 5.74) is 22.2. The van der Waals surface area contributed by atoms with E-state index in [0.717, 1.165) is 133 Å². The number of hydrogen-bond acceptors (Lipinski definition) is 8. The molecule has 0 aliphatic rings. The van der Waals surface area contributed by atoms with Crippen molar-refractivity contribution in [2.75, 3.05) is 0 Å². The third-order valence-corrected chi connectivity index (χ3v) is 18.7. The molecule has 0 radical (unpaired) electrons. The van der Waals surface area contributed by atoms with Crippen molar-refractivity contribution in [1.82, 2.24) is 24.1 Å². The molecule has 3 aromatic heterocycles. The van der Waals surface area contributed by atoms with E-state index in [1.807, 2.05) is 115 Å². The number of rotatable bonds is 11. The Morgan fingerprint density at radius 2 is 0.676 bits per heavy atom. The van der Waals surface area contributed by atoms with Crippen LogP contribution in [0.15, 0.2) is 267 Å². The third-order valence-electron chi connectivity index (χ3n) is 18.7. The first kappa shape index (κ1) is 61.8. The monoisotopic (exact) mass is 1300 g/mol. The Kier molecular flexibility index (Phi) is 15.4. The predicted molar refractivity (Wildman–Crippen MR) is 403 cm³/mol. The molecule has 0 saturated carbocycles. The van der Waals surface area contributed by atoms with Crippen LogP contribution in [0.3, 0.4) is 0 Å². The van der Waals surface area contributed by atoms with Crippen LogP contribution in [0.2, 0.25) is 0 Å². The molecule has 0 aliphatic heterocycles. The van der Waals surface area contributed by atoms with Crippen molar-refractivity contribution < 1.29 is 0 Å². The van der Waals surface area contributed by atoms with Gasteiger partial charge in [0.1, 0.15) is 0 Å². The number of nitrogens with zero attached hydrogens (tertiary/aromatic N) is 12. The normalized spacial score (nSPS) is 11.0. The van der Waals surface area contributed by atoms with E-state index in [1.54, 1.807) is 42.5 Å². The summed E-state index contributed by atoms with van der Waals surface area (Å²) in [5.74, 6) is 1.36.